The third-order valence-corrected chi connectivity index (χ3v) is 3.93. The molecule has 5 heteroatoms. The third-order valence-electron chi connectivity index (χ3n) is 3.93. The minimum atomic E-state index is -0.101. The summed E-state index contributed by atoms with van der Waals surface area (Å²) in [6.07, 6.45) is 3.77. The second-order valence-electron chi connectivity index (χ2n) is 5.52. The van der Waals surface area contributed by atoms with Gasteiger partial charge in [0.15, 0.2) is 0 Å². The van der Waals surface area contributed by atoms with E-state index in [-0.39, 0.29) is 5.91 Å². The van der Waals surface area contributed by atoms with Crippen molar-refractivity contribution in [1.29, 1.82) is 0 Å². The normalized spacial score (nSPS) is 10.3. The highest BCUT2D eigenvalue weighted by Crippen LogP contribution is 2.21. The van der Waals surface area contributed by atoms with E-state index in [1.54, 1.807) is 18.1 Å². The first-order chi connectivity index (χ1) is 12.3. The van der Waals surface area contributed by atoms with Gasteiger partial charge < -0.3 is 9.64 Å². The topological polar surface area (TPSA) is 55.3 Å². The third kappa shape index (κ3) is 4.20. The molecule has 25 heavy (non-hydrogen) atoms. The molecule has 0 spiro atoms. The van der Waals surface area contributed by atoms with E-state index < -0.39 is 0 Å². The molecule has 0 bridgehead atoms. The molecule has 0 radical (unpaired) electrons. The molecule has 1 amide bonds. The van der Waals surface area contributed by atoms with Gasteiger partial charge in [0.2, 0.25) is 0 Å². The monoisotopic (exact) mass is 333 g/mol. The molecule has 0 unspecified atom stereocenters. The highest BCUT2D eigenvalue weighted by molar-refractivity contribution is 6.05. The zero-order valence-corrected chi connectivity index (χ0v) is 14.0. The zero-order valence-electron chi connectivity index (χ0n) is 14.0. The summed E-state index contributed by atoms with van der Waals surface area (Å²) in [6.45, 7) is 0.567. The molecule has 0 aliphatic heterocycles. The summed E-state index contributed by atoms with van der Waals surface area (Å²) in [5, 5.41) is 7.55. The highest BCUT2D eigenvalue weighted by Gasteiger charge is 2.18. The number of benzene rings is 2. The number of hydrogen-bond acceptors (Lipinski definition) is 4. The van der Waals surface area contributed by atoms with Crippen LogP contribution in [0.5, 0.6) is 5.75 Å². The van der Waals surface area contributed by atoms with Gasteiger partial charge in [-0.05, 0) is 42.3 Å². The Balaban J connectivity index is 1.85. The maximum atomic E-state index is 12.9. The standard InChI is InChI=1S/C20H19N3O2/c1-25-19-9-7-18(8-10-19)23(14-12-16-5-3-2-4-6-16)20(24)17-11-13-21-22-15-17/h2-11,13,15H,12,14H2,1H3. The maximum Gasteiger partial charge on any atom is 0.259 e. The van der Waals surface area contributed by atoms with Crippen molar-refractivity contribution in [2.24, 2.45) is 0 Å². The van der Waals surface area contributed by atoms with Crippen LogP contribution in [0.2, 0.25) is 0 Å². The van der Waals surface area contributed by atoms with Crippen molar-refractivity contribution >= 4 is 11.6 Å². The quantitative estimate of drug-likeness (QED) is 0.694. The molecule has 0 N–H and O–H groups in total. The van der Waals surface area contributed by atoms with Crippen LogP contribution in [-0.4, -0.2) is 29.8 Å². The summed E-state index contributed by atoms with van der Waals surface area (Å²) in [7, 11) is 1.62. The Morgan fingerprint density at radius 3 is 2.40 bits per heavy atom. The number of ether oxygens (including phenoxy) is 1. The number of anilines is 1. The summed E-state index contributed by atoms with van der Waals surface area (Å²) in [4.78, 5) is 14.7. The lowest BCUT2D eigenvalue weighted by Crippen LogP contribution is -2.33. The lowest BCUT2D eigenvalue weighted by molar-refractivity contribution is 0.0986. The molecule has 5 nitrogen and oxygen atoms in total. The minimum Gasteiger partial charge on any atom is -0.497 e. The van der Waals surface area contributed by atoms with E-state index in [1.807, 2.05) is 42.5 Å². The fraction of sp³-hybridized carbons (Fsp3) is 0.150. The molecule has 2 aromatic carbocycles. The number of carbonyl (C=O) groups excluding carboxylic acids is 1. The summed E-state index contributed by atoms with van der Waals surface area (Å²) >= 11 is 0. The molecule has 0 saturated heterocycles. The van der Waals surface area contributed by atoms with Crippen molar-refractivity contribution in [3.05, 3.63) is 84.2 Å². The molecule has 1 heterocycles. The van der Waals surface area contributed by atoms with Gasteiger partial charge in [-0.1, -0.05) is 30.3 Å². The number of aromatic nitrogens is 2. The Kier molecular flexibility index (Phi) is 5.36. The minimum absolute atomic E-state index is 0.101. The first-order valence-electron chi connectivity index (χ1n) is 8.04. The lowest BCUT2D eigenvalue weighted by Gasteiger charge is -2.23. The number of hydrogen-bond donors (Lipinski definition) is 0. The molecule has 126 valence electrons. The SMILES string of the molecule is COc1ccc(N(CCc2ccccc2)C(=O)c2ccnnc2)cc1. The Labute approximate surface area is 146 Å². The van der Waals surface area contributed by atoms with Gasteiger partial charge in [-0.2, -0.15) is 10.2 Å². The van der Waals surface area contributed by atoms with Crippen LogP contribution in [0.1, 0.15) is 15.9 Å². The largest absolute Gasteiger partial charge is 0.497 e. The molecule has 3 rings (SSSR count). The zero-order chi connectivity index (χ0) is 17.5. The van der Waals surface area contributed by atoms with Crippen LogP contribution >= 0.6 is 0 Å². The second-order valence-corrected chi connectivity index (χ2v) is 5.52. The molecule has 3 aromatic rings. The number of nitrogens with zero attached hydrogens (tertiary/aromatic N) is 3. The van der Waals surface area contributed by atoms with Crippen LogP contribution in [0.15, 0.2) is 73.1 Å². The van der Waals surface area contributed by atoms with Crippen molar-refractivity contribution in [3.8, 4) is 5.75 Å². The van der Waals surface area contributed by atoms with Gasteiger partial charge in [0.25, 0.3) is 5.91 Å². The van der Waals surface area contributed by atoms with Crippen LogP contribution in [0.3, 0.4) is 0 Å². The summed E-state index contributed by atoms with van der Waals surface area (Å²) in [5.74, 6) is 0.654. The van der Waals surface area contributed by atoms with E-state index in [4.69, 9.17) is 4.74 Å². The van der Waals surface area contributed by atoms with E-state index >= 15 is 0 Å². The van der Waals surface area contributed by atoms with Crippen molar-refractivity contribution in [2.75, 3.05) is 18.6 Å². The smallest absolute Gasteiger partial charge is 0.259 e. The Bertz CT molecular complexity index is 805. The molecule has 0 aliphatic carbocycles. The van der Waals surface area contributed by atoms with Gasteiger partial charge in [0.05, 0.1) is 25.1 Å². The first-order valence-corrected chi connectivity index (χ1v) is 8.04. The van der Waals surface area contributed by atoms with Crippen molar-refractivity contribution in [3.63, 3.8) is 0 Å². The summed E-state index contributed by atoms with van der Waals surface area (Å²) in [6, 6.07) is 19.3. The van der Waals surface area contributed by atoms with E-state index in [0.29, 0.717) is 12.1 Å². The molecule has 0 atom stereocenters. The van der Waals surface area contributed by atoms with Gasteiger partial charge in [-0.25, -0.2) is 0 Å². The molecule has 0 saturated carbocycles. The van der Waals surface area contributed by atoms with E-state index in [2.05, 4.69) is 22.3 Å². The first kappa shape index (κ1) is 16.6. The van der Waals surface area contributed by atoms with Gasteiger partial charge in [0, 0.05) is 12.2 Å². The number of rotatable bonds is 6. The molecular formula is C20H19N3O2. The Morgan fingerprint density at radius 1 is 1.00 bits per heavy atom. The summed E-state index contributed by atoms with van der Waals surface area (Å²) < 4.78 is 5.20. The average Bonchev–Trinajstić information content (AvgIpc) is 2.70. The predicted octanol–water partition coefficient (Wildman–Crippen LogP) is 3.37. The molecular weight excluding hydrogens is 314 g/mol. The predicted molar refractivity (Wildman–Crippen MR) is 96.8 cm³/mol. The van der Waals surface area contributed by atoms with Gasteiger partial charge >= 0.3 is 0 Å². The summed E-state index contributed by atoms with van der Waals surface area (Å²) in [5.41, 5.74) is 2.51. The van der Waals surface area contributed by atoms with Crippen LogP contribution in [0.25, 0.3) is 0 Å². The van der Waals surface area contributed by atoms with Crippen molar-refractivity contribution < 1.29 is 9.53 Å². The average molecular weight is 333 g/mol. The number of carbonyl (C=O) groups is 1. The van der Waals surface area contributed by atoms with Crippen LogP contribution in [0.4, 0.5) is 5.69 Å². The van der Waals surface area contributed by atoms with Gasteiger partial charge in [0.1, 0.15) is 5.75 Å². The lowest BCUT2D eigenvalue weighted by atomic mass is 10.1. The molecule has 0 fully saturated rings. The Hall–Kier alpha value is -3.21. The van der Waals surface area contributed by atoms with Crippen molar-refractivity contribution in [1.82, 2.24) is 10.2 Å². The number of methoxy groups -OCH3 is 1. The van der Waals surface area contributed by atoms with Crippen LogP contribution in [0, 0.1) is 0 Å². The Morgan fingerprint density at radius 2 is 1.76 bits per heavy atom. The van der Waals surface area contributed by atoms with E-state index in [1.165, 1.54) is 18.0 Å². The second kappa shape index (κ2) is 8.06. The van der Waals surface area contributed by atoms with E-state index in [0.717, 1.165) is 17.9 Å². The molecule has 0 aliphatic rings. The highest BCUT2D eigenvalue weighted by atomic mass is 16.5. The number of amides is 1. The van der Waals surface area contributed by atoms with Gasteiger partial charge in [-0.15, -0.1) is 0 Å². The van der Waals surface area contributed by atoms with Crippen LogP contribution < -0.4 is 9.64 Å². The van der Waals surface area contributed by atoms with Crippen molar-refractivity contribution in [2.45, 2.75) is 6.42 Å². The van der Waals surface area contributed by atoms with Gasteiger partial charge in [-0.3, -0.25) is 4.79 Å². The van der Waals surface area contributed by atoms with E-state index in [9.17, 15) is 4.79 Å². The fourth-order valence-corrected chi connectivity index (χ4v) is 2.57. The maximum absolute atomic E-state index is 12.9. The van der Waals surface area contributed by atoms with Crippen LogP contribution in [-0.2, 0) is 6.42 Å². The fourth-order valence-electron chi connectivity index (χ4n) is 2.57. The molecule has 1 aromatic heterocycles.